The number of rotatable bonds is 8. The van der Waals surface area contributed by atoms with Gasteiger partial charge in [-0.3, -0.25) is 4.79 Å². The van der Waals surface area contributed by atoms with Gasteiger partial charge in [0.05, 0.1) is 20.6 Å². The summed E-state index contributed by atoms with van der Waals surface area (Å²) in [6.45, 7) is 1.25. The van der Waals surface area contributed by atoms with Crippen LogP contribution in [0.4, 0.5) is 0 Å². The summed E-state index contributed by atoms with van der Waals surface area (Å²) in [7, 11) is 3.26. The van der Waals surface area contributed by atoms with Gasteiger partial charge in [-0.1, -0.05) is 23.7 Å². The third-order valence-corrected chi connectivity index (χ3v) is 5.68. The van der Waals surface area contributed by atoms with Crippen molar-refractivity contribution in [1.29, 1.82) is 0 Å². The first-order valence-electron chi connectivity index (χ1n) is 10.00. The standard InChI is InChI=1S/C23H26N2O4/c1-27-18-11-10-17(22(12-18)28-2)15-25(14-16-6-5-7-16)23(26)13-20-19-8-3-4-9-21(19)29-24-20/h3-4,8-12,16H,5-7,13-15H2,1-2H3. The Labute approximate surface area is 170 Å². The highest BCUT2D eigenvalue weighted by Crippen LogP contribution is 2.30. The van der Waals surface area contributed by atoms with Crippen LogP contribution in [0.25, 0.3) is 11.0 Å². The summed E-state index contributed by atoms with van der Waals surface area (Å²) < 4.78 is 16.2. The minimum absolute atomic E-state index is 0.0498. The normalized spacial score (nSPS) is 13.9. The molecule has 0 saturated heterocycles. The molecule has 152 valence electrons. The number of benzene rings is 2. The number of carbonyl (C=O) groups excluding carboxylic acids is 1. The van der Waals surface area contributed by atoms with Crippen molar-refractivity contribution in [2.24, 2.45) is 5.92 Å². The summed E-state index contributed by atoms with van der Waals surface area (Å²) in [4.78, 5) is 15.2. The molecule has 1 aromatic heterocycles. The molecule has 1 fully saturated rings. The first-order valence-corrected chi connectivity index (χ1v) is 10.00. The van der Waals surface area contributed by atoms with Crippen molar-refractivity contribution in [2.45, 2.75) is 32.2 Å². The van der Waals surface area contributed by atoms with Gasteiger partial charge in [-0.25, -0.2) is 0 Å². The molecule has 0 bridgehead atoms. The summed E-state index contributed by atoms with van der Waals surface area (Å²) >= 11 is 0. The molecule has 1 amide bonds. The molecule has 1 aliphatic rings. The van der Waals surface area contributed by atoms with Crippen LogP contribution in [0.1, 0.15) is 30.5 Å². The SMILES string of the molecule is COc1ccc(CN(CC2CCC2)C(=O)Cc2noc3ccccc23)c(OC)c1. The van der Waals surface area contributed by atoms with E-state index in [1.165, 1.54) is 19.3 Å². The molecule has 6 nitrogen and oxygen atoms in total. The maximum atomic E-state index is 13.2. The third kappa shape index (κ3) is 4.21. The Morgan fingerprint density at radius 1 is 1.17 bits per heavy atom. The monoisotopic (exact) mass is 394 g/mol. The largest absolute Gasteiger partial charge is 0.497 e. The Bertz CT molecular complexity index is 993. The van der Waals surface area contributed by atoms with Crippen molar-refractivity contribution in [2.75, 3.05) is 20.8 Å². The third-order valence-electron chi connectivity index (χ3n) is 5.68. The van der Waals surface area contributed by atoms with Gasteiger partial charge < -0.3 is 18.9 Å². The van der Waals surface area contributed by atoms with E-state index in [0.717, 1.165) is 29.0 Å². The highest BCUT2D eigenvalue weighted by atomic mass is 16.5. The van der Waals surface area contributed by atoms with Crippen molar-refractivity contribution in [3.05, 3.63) is 53.7 Å². The lowest BCUT2D eigenvalue weighted by Crippen LogP contribution is -2.38. The Hall–Kier alpha value is -3.02. The first kappa shape index (κ1) is 19.3. The average Bonchev–Trinajstić information content (AvgIpc) is 3.12. The average molecular weight is 394 g/mol. The van der Waals surface area contributed by atoms with Gasteiger partial charge in [0.2, 0.25) is 5.91 Å². The maximum Gasteiger partial charge on any atom is 0.229 e. The van der Waals surface area contributed by atoms with Crippen LogP contribution >= 0.6 is 0 Å². The fourth-order valence-electron chi connectivity index (χ4n) is 3.75. The van der Waals surface area contributed by atoms with E-state index < -0.39 is 0 Å². The summed E-state index contributed by atoms with van der Waals surface area (Å²) in [6.07, 6.45) is 3.82. The zero-order valence-corrected chi connectivity index (χ0v) is 16.9. The molecule has 0 aliphatic heterocycles. The van der Waals surface area contributed by atoms with Crippen molar-refractivity contribution in [3.63, 3.8) is 0 Å². The number of hydrogen-bond donors (Lipinski definition) is 0. The fraction of sp³-hybridized carbons (Fsp3) is 0.391. The number of hydrogen-bond acceptors (Lipinski definition) is 5. The topological polar surface area (TPSA) is 64.8 Å². The zero-order valence-electron chi connectivity index (χ0n) is 16.9. The summed E-state index contributed by atoms with van der Waals surface area (Å²) in [5.41, 5.74) is 2.36. The van der Waals surface area contributed by atoms with Crippen LogP contribution in [0, 0.1) is 5.92 Å². The molecule has 0 radical (unpaired) electrons. The van der Waals surface area contributed by atoms with Crippen molar-refractivity contribution < 1.29 is 18.8 Å². The molecule has 1 saturated carbocycles. The fourth-order valence-corrected chi connectivity index (χ4v) is 3.75. The number of methoxy groups -OCH3 is 2. The maximum absolute atomic E-state index is 13.2. The van der Waals surface area contributed by atoms with E-state index in [1.54, 1.807) is 14.2 Å². The predicted octanol–water partition coefficient (Wildman–Crippen LogP) is 4.22. The van der Waals surface area contributed by atoms with Gasteiger partial charge in [-0.2, -0.15) is 0 Å². The van der Waals surface area contributed by atoms with E-state index in [2.05, 4.69) is 5.16 Å². The lowest BCUT2D eigenvalue weighted by atomic mass is 9.85. The van der Waals surface area contributed by atoms with Gasteiger partial charge in [0, 0.05) is 30.1 Å². The minimum Gasteiger partial charge on any atom is -0.497 e. The number of carbonyl (C=O) groups is 1. The quantitative estimate of drug-likeness (QED) is 0.572. The molecular weight excluding hydrogens is 368 g/mol. The number of amides is 1. The lowest BCUT2D eigenvalue weighted by molar-refractivity contribution is -0.132. The van der Waals surface area contributed by atoms with Crippen molar-refractivity contribution in [1.82, 2.24) is 10.1 Å². The Morgan fingerprint density at radius 3 is 2.72 bits per heavy atom. The molecule has 2 aromatic carbocycles. The van der Waals surface area contributed by atoms with Crippen LogP contribution in [0.5, 0.6) is 11.5 Å². The summed E-state index contributed by atoms with van der Waals surface area (Å²) in [6, 6.07) is 13.4. The Morgan fingerprint density at radius 2 is 2.00 bits per heavy atom. The van der Waals surface area contributed by atoms with Crippen LogP contribution in [0.15, 0.2) is 47.0 Å². The first-order chi connectivity index (χ1) is 14.2. The number of ether oxygens (including phenoxy) is 2. The van der Waals surface area contributed by atoms with Crippen molar-refractivity contribution >= 4 is 16.9 Å². The number of nitrogens with zero attached hydrogens (tertiary/aromatic N) is 2. The van der Waals surface area contributed by atoms with E-state index in [-0.39, 0.29) is 12.3 Å². The summed E-state index contributed by atoms with van der Waals surface area (Å²) in [5, 5.41) is 5.03. The van der Waals surface area contributed by atoms with Crippen LogP contribution in [0.2, 0.25) is 0 Å². The molecule has 1 aliphatic carbocycles. The van der Waals surface area contributed by atoms with E-state index in [4.69, 9.17) is 14.0 Å². The summed E-state index contributed by atoms with van der Waals surface area (Å²) in [5.74, 6) is 2.07. The Balaban J connectivity index is 1.55. The molecule has 0 unspecified atom stereocenters. The second-order valence-electron chi connectivity index (χ2n) is 7.55. The number of fused-ring (bicyclic) bond motifs is 1. The molecule has 1 heterocycles. The predicted molar refractivity (Wildman–Crippen MR) is 110 cm³/mol. The van der Waals surface area contributed by atoms with Gasteiger partial charge in [-0.05, 0) is 43.0 Å². The van der Waals surface area contributed by atoms with Gasteiger partial charge in [0.1, 0.15) is 17.2 Å². The van der Waals surface area contributed by atoms with Gasteiger partial charge in [0.15, 0.2) is 5.58 Å². The smallest absolute Gasteiger partial charge is 0.229 e. The van der Waals surface area contributed by atoms with Crippen molar-refractivity contribution in [3.8, 4) is 11.5 Å². The minimum atomic E-state index is 0.0498. The van der Waals surface area contributed by atoms with Crippen LogP contribution in [-0.4, -0.2) is 36.7 Å². The molecule has 4 rings (SSSR count). The van der Waals surface area contributed by atoms with Crippen LogP contribution < -0.4 is 9.47 Å². The van der Waals surface area contributed by atoms with Crippen LogP contribution in [0.3, 0.4) is 0 Å². The molecule has 0 spiro atoms. The second-order valence-corrected chi connectivity index (χ2v) is 7.55. The number of para-hydroxylation sites is 1. The Kier molecular flexibility index (Phi) is 5.69. The highest BCUT2D eigenvalue weighted by Gasteiger charge is 2.26. The van der Waals surface area contributed by atoms with Gasteiger partial charge >= 0.3 is 0 Å². The van der Waals surface area contributed by atoms with E-state index in [0.29, 0.717) is 23.7 Å². The van der Waals surface area contributed by atoms with Gasteiger partial charge in [0.25, 0.3) is 0 Å². The molecule has 29 heavy (non-hydrogen) atoms. The second kappa shape index (κ2) is 8.55. The van der Waals surface area contributed by atoms with Gasteiger partial charge in [-0.15, -0.1) is 0 Å². The van der Waals surface area contributed by atoms with E-state index in [9.17, 15) is 4.79 Å². The molecule has 3 aromatic rings. The van der Waals surface area contributed by atoms with E-state index >= 15 is 0 Å². The van der Waals surface area contributed by atoms with Crippen LogP contribution in [-0.2, 0) is 17.8 Å². The molecule has 6 heteroatoms. The molecular formula is C23H26N2O4. The number of aromatic nitrogens is 1. The molecule has 0 N–H and O–H groups in total. The highest BCUT2D eigenvalue weighted by molar-refractivity contribution is 5.86. The zero-order chi connectivity index (χ0) is 20.2. The lowest BCUT2D eigenvalue weighted by Gasteiger charge is -2.32. The van der Waals surface area contributed by atoms with E-state index in [1.807, 2.05) is 47.4 Å². The molecule has 0 atom stereocenters.